The molecule has 0 amide bonds. The van der Waals surface area contributed by atoms with Crippen LogP contribution in [0.2, 0.25) is 0 Å². The average Bonchev–Trinajstić information content (AvgIpc) is 2.28. The maximum atomic E-state index is 13.3. The van der Waals surface area contributed by atoms with Gasteiger partial charge >= 0.3 is 0 Å². The lowest BCUT2D eigenvalue weighted by atomic mass is 9.95. The molecule has 0 saturated carbocycles. The molecule has 0 aliphatic heterocycles. The van der Waals surface area contributed by atoms with Crippen LogP contribution >= 0.6 is 15.9 Å². The van der Waals surface area contributed by atoms with E-state index >= 15 is 0 Å². The average molecular weight is 291 g/mol. The van der Waals surface area contributed by atoms with Gasteiger partial charge in [-0.2, -0.15) is 0 Å². The summed E-state index contributed by atoms with van der Waals surface area (Å²) in [6.45, 7) is 2.51. The highest BCUT2D eigenvalue weighted by molar-refractivity contribution is 9.10. The number of hydrogen-bond donors (Lipinski definition) is 1. The molecule has 2 atom stereocenters. The zero-order chi connectivity index (χ0) is 12.1. The fourth-order valence-corrected chi connectivity index (χ4v) is 2.02. The Bertz CT molecular complexity index is 344. The van der Waals surface area contributed by atoms with E-state index in [2.05, 4.69) is 15.9 Å². The number of rotatable bonds is 5. The van der Waals surface area contributed by atoms with Crippen molar-refractivity contribution >= 4 is 15.9 Å². The van der Waals surface area contributed by atoms with Gasteiger partial charge in [-0.1, -0.05) is 19.1 Å². The SMILES string of the molecule is COCCC(C)C(O)c1cccc(F)c1Br. The zero-order valence-corrected chi connectivity index (χ0v) is 11.0. The lowest BCUT2D eigenvalue weighted by Crippen LogP contribution is -2.12. The molecule has 2 nitrogen and oxygen atoms in total. The van der Waals surface area contributed by atoms with E-state index in [9.17, 15) is 9.50 Å². The minimum absolute atomic E-state index is 0.0260. The molecule has 0 aliphatic rings. The fourth-order valence-electron chi connectivity index (χ4n) is 1.52. The van der Waals surface area contributed by atoms with Crippen LogP contribution in [0.5, 0.6) is 0 Å². The third kappa shape index (κ3) is 3.27. The Morgan fingerprint density at radius 1 is 1.50 bits per heavy atom. The summed E-state index contributed by atoms with van der Waals surface area (Å²) in [6.07, 6.45) is 0.0564. The van der Waals surface area contributed by atoms with Gasteiger partial charge in [0.1, 0.15) is 5.82 Å². The van der Waals surface area contributed by atoms with Gasteiger partial charge in [-0.3, -0.25) is 0 Å². The zero-order valence-electron chi connectivity index (χ0n) is 9.41. The molecule has 0 bridgehead atoms. The maximum absolute atomic E-state index is 13.3. The molecule has 0 fully saturated rings. The Hall–Kier alpha value is -0.450. The Morgan fingerprint density at radius 3 is 2.81 bits per heavy atom. The molecule has 1 aromatic carbocycles. The van der Waals surface area contributed by atoms with Gasteiger partial charge in [-0.05, 0) is 39.9 Å². The minimum atomic E-state index is -0.680. The van der Waals surface area contributed by atoms with Crippen molar-refractivity contribution in [3.8, 4) is 0 Å². The topological polar surface area (TPSA) is 29.5 Å². The molecule has 0 radical (unpaired) electrons. The lowest BCUT2D eigenvalue weighted by molar-refractivity contribution is 0.0878. The first kappa shape index (κ1) is 13.6. The maximum Gasteiger partial charge on any atom is 0.137 e. The van der Waals surface area contributed by atoms with Crippen molar-refractivity contribution in [1.29, 1.82) is 0 Å². The molecule has 0 saturated heterocycles. The molecule has 0 spiro atoms. The van der Waals surface area contributed by atoms with Crippen molar-refractivity contribution in [3.05, 3.63) is 34.1 Å². The van der Waals surface area contributed by atoms with Crippen molar-refractivity contribution in [2.24, 2.45) is 5.92 Å². The summed E-state index contributed by atoms with van der Waals surface area (Å²) < 4.78 is 18.6. The third-order valence-corrected chi connectivity index (χ3v) is 3.45. The first-order chi connectivity index (χ1) is 7.57. The van der Waals surface area contributed by atoms with Crippen molar-refractivity contribution in [2.75, 3.05) is 13.7 Å². The van der Waals surface area contributed by atoms with Crippen LogP contribution in [0.1, 0.15) is 25.0 Å². The molecule has 0 aliphatic carbocycles. The summed E-state index contributed by atoms with van der Waals surface area (Å²) in [6, 6.07) is 4.68. The minimum Gasteiger partial charge on any atom is -0.388 e. The monoisotopic (exact) mass is 290 g/mol. The van der Waals surface area contributed by atoms with E-state index < -0.39 is 6.10 Å². The van der Waals surface area contributed by atoms with Crippen LogP contribution < -0.4 is 0 Å². The van der Waals surface area contributed by atoms with Gasteiger partial charge in [0, 0.05) is 13.7 Å². The second-order valence-corrected chi connectivity index (χ2v) is 4.64. The van der Waals surface area contributed by atoms with E-state index in [1.165, 1.54) is 6.07 Å². The first-order valence-electron chi connectivity index (χ1n) is 5.18. The molecule has 2 unspecified atom stereocenters. The molecule has 1 aromatic rings. The van der Waals surface area contributed by atoms with Gasteiger partial charge in [-0.15, -0.1) is 0 Å². The number of halogens is 2. The summed E-state index contributed by atoms with van der Waals surface area (Å²) in [5, 5.41) is 10.1. The van der Waals surface area contributed by atoms with Crippen LogP contribution in [0, 0.1) is 11.7 Å². The van der Waals surface area contributed by atoms with E-state index in [1.54, 1.807) is 19.2 Å². The Balaban J connectivity index is 2.79. The normalized spacial score (nSPS) is 14.8. The van der Waals surface area contributed by atoms with Crippen molar-refractivity contribution in [2.45, 2.75) is 19.4 Å². The van der Waals surface area contributed by atoms with Gasteiger partial charge in [0.25, 0.3) is 0 Å². The quantitative estimate of drug-likeness (QED) is 0.902. The van der Waals surface area contributed by atoms with E-state index in [0.717, 1.165) is 6.42 Å². The molecule has 4 heteroatoms. The number of benzene rings is 1. The first-order valence-corrected chi connectivity index (χ1v) is 5.98. The highest BCUT2D eigenvalue weighted by atomic mass is 79.9. The number of hydrogen-bond acceptors (Lipinski definition) is 2. The van der Waals surface area contributed by atoms with Gasteiger partial charge in [0.2, 0.25) is 0 Å². The predicted molar refractivity (Wildman–Crippen MR) is 64.7 cm³/mol. The van der Waals surface area contributed by atoms with Crippen molar-refractivity contribution < 1.29 is 14.2 Å². The van der Waals surface area contributed by atoms with E-state index in [4.69, 9.17) is 4.74 Å². The largest absolute Gasteiger partial charge is 0.388 e. The number of aliphatic hydroxyl groups is 1. The van der Waals surface area contributed by atoms with Gasteiger partial charge in [-0.25, -0.2) is 4.39 Å². The highest BCUT2D eigenvalue weighted by Crippen LogP contribution is 2.31. The van der Waals surface area contributed by atoms with Crippen LogP contribution in [-0.2, 0) is 4.74 Å². The van der Waals surface area contributed by atoms with Crippen LogP contribution in [0.4, 0.5) is 4.39 Å². The third-order valence-electron chi connectivity index (χ3n) is 2.62. The van der Waals surface area contributed by atoms with Crippen molar-refractivity contribution in [1.82, 2.24) is 0 Å². The van der Waals surface area contributed by atoms with Crippen molar-refractivity contribution in [3.63, 3.8) is 0 Å². The summed E-state index contributed by atoms with van der Waals surface area (Å²) in [4.78, 5) is 0. The molecular weight excluding hydrogens is 275 g/mol. The smallest absolute Gasteiger partial charge is 0.137 e. The number of methoxy groups -OCH3 is 1. The number of ether oxygens (including phenoxy) is 1. The Morgan fingerprint density at radius 2 is 2.19 bits per heavy atom. The molecule has 1 rings (SSSR count). The molecule has 0 aromatic heterocycles. The molecule has 0 heterocycles. The van der Waals surface area contributed by atoms with E-state index in [1.807, 2.05) is 6.92 Å². The standard InChI is InChI=1S/C12H16BrFO2/c1-8(6-7-16-2)12(15)9-4-3-5-10(14)11(9)13/h3-5,8,12,15H,6-7H2,1-2H3. The highest BCUT2D eigenvalue weighted by Gasteiger charge is 2.19. The summed E-state index contributed by atoms with van der Waals surface area (Å²) >= 11 is 3.15. The predicted octanol–water partition coefficient (Wildman–Crippen LogP) is 3.29. The Labute approximate surface area is 104 Å². The van der Waals surface area contributed by atoms with Crippen LogP contribution in [0.3, 0.4) is 0 Å². The molecule has 1 N–H and O–H groups in total. The fraction of sp³-hybridized carbons (Fsp3) is 0.500. The van der Waals surface area contributed by atoms with Gasteiger partial charge < -0.3 is 9.84 Å². The molecule has 16 heavy (non-hydrogen) atoms. The van der Waals surface area contributed by atoms with Crippen LogP contribution in [0.15, 0.2) is 22.7 Å². The molecular formula is C12H16BrFO2. The lowest BCUT2D eigenvalue weighted by Gasteiger charge is -2.20. The van der Waals surface area contributed by atoms with Crippen LogP contribution in [-0.4, -0.2) is 18.8 Å². The number of aliphatic hydroxyl groups excluding tert-OH is 1. The van der Waals surface area contributed by atoms with Crippen LogP contribution in [0.25, 0.3) is 0 Å². The second-order valence-electron chi connectivity index (χ2n) is 3.85. The second kappa shape index (κ2) is 6.33. The summed E-state index contributed by atoms with van der Waals surface area (Å²) in [5.74, 6) is -0.325. The van der Waals surface area contributed by atoms with Gasteiger partial charge in [0.05, 0.1) is 10.6 Å². The van der Waals surface area contributed by atoms with Gasteiger partial charge in [0.15, 0.2) is 0 Å². The van der Waals surface area contributed by atoms with E-state index in [-0.39, 0.29) is 11.7 Å². The summed E-state index contributed by atoms with van der Waals surface area (Å²) in [5.41, 5.74) is 0.587. The molecule has 90 valence electrons. The Kier molecular flexibility index (Phi) is 5.38. The summed E-state index contributed by atoms with van der Waals surface area (Å²) in [7, 11) is 1.62. The van der Waals surface area contributed by atoms with E-state index in [0.29, 0.717) is 16.6 Å².